The van der Waals surface area contributed by atoms with Crippen molar-refractivity contribution in [2.24, 2.45) is 0 Å². The molecule has 0 radical (unpaired) electrons. The van der Waals surface area contributed by atoms with Crippen LogP contribution < -0.4 is 14.9 Å². The van der Waals surface area contributed by atoms with E-state index in [9.17, 15) is 29.7 Å². The first kappa shape index (κ1) is 27.1. The summed E-state index contributed by atoms with van der Waals surface area (Å²) in [6, 6.07) is 11.3. The van der Waals surface area contributed by atoms with E-state index < -0.39 is 55.7 Å². The summed E-state index contributed by atoms with van der Waals surface area (Å²) in [6.07, 6.45) is -7.03. The predicted molar refractivity (Wildman–Crippen MR) is 129 cm³/mol. The highest BCUT2D eigenvalue weighted by Crippen LogP contribution is 2.28. The van der Waals surface area contributed by atoms with Crippen molar-refractivity contribution in [2.45, 2.75) is 37.1 Å². The van der Waals surface area contributed by atoms with Crippen molar-refractivity contribution >= 4 is 22.9 Å². The predicted octanol–water partition coefficient (Wildman–Crippen LogP) is 0.761. The summed E-state index contributed by atoms with van der Waals surface area (Å²) in [5.41, 5.74) is 0.918. The summed E-state index contributed by atoms with van der Waals surface area (Å²) >= 11 is 0. The van der Waals surface area contributed by atoms with E-state index in [0.717, 1.165) is 7.11 Å². The number of carbonyl (C=O) groups is 2. The fraction of sp³-hybridized carbons (Fsp3) is 0.346. The summed E-state index contributed by atoms with van der Waals surface area (Å²) in [5, 5.41) is 31.1. The second-order valence-electron chi connectivity index (χ2n) is 8.43. The molecule has 5 atom stereocenters. The molecule has 2 aromatic carbocycles. The number of fused-ring (bicyclic) bond motifs is 1. The Hall–Kier alpha value is -3.97. The van der Waals surface area contributed by atoms with Crippen LogP contribution in [0.15, 0.2) is 57.9 Å². The van der Waals surface area contributed by atoms with E-state index in [-0.39, 0.29) is 22.1 Å². The van der Waals surface area contributed by atoms with Gasteiger partial charge in [-0.25, -0.2) is 0 Å². The Morgan fingerprint density at radius 3 is 2.32 bits per heavy atom. The van der Waals surface area contributed by atoms with Crippen molar-refractivity contribution in [3.63, 3.8) is 0 Å². The maximum absolute atomic E-state index is 13.0. The van der Waals surface area contributed by atoms with Gasteiger partial charge in [0.1, 0.15) is 60.8 Å². The number of hydrogen-bond donors (Lipinski definition) is 3. The summed E-state index contributed by atoms with van der Waals surface area (Å²) in [7, 11) is 2.66. The van der Waals surface area contributed by atoms with E-state index in [1.807, 2.05) is 0 Å². The lowest BCUT2D eigenvalue weighted by molar-refractivity contribution is -0.278. The number of ether oxygens (including phenoxy) is 5. The average Bonchev–Trinajstić information content (AvgIpc) is 2.93. The van der Waals surface area contributed by atoms with Gasteiger partial charge in [-0.3, -0.25) is 14.4 Å². The van der Waals surface area contributed by atoms with Crippen LogP contribution in [0, 0.1) is 0 Å². The van der Waals surface area contributed by atoms with E-state index in [4.69, 9.17) is 23.4 Å². The molecule has 2 heterocycles. The smallest absolute Gasteiger partial charge is 0.317 e. The lowest BCUT2D eigenvalue weighted by Gasteiger charge is -2.39. The maximum Gasteiger partial charge on any atom is 0.317 e. The molecule has 0 amide bonds. The van der Waals surface area contributed by atoms with Gasteiger partial charge in [0.05, 0.1) is 25.2 Å². The minimum Gasteiger partial charge on any atom is -0.497 e. The summed E-state index contributed by atoms with van der Waals surface area (Å²) < 4.78 is 31.3. The molecule has 4 rings (SSSR count). The van der Waals surface area contributed by atoms with E-state index in [1.165, 1.54) is 24.5 Å². The quantitative estimate of drug-likeness (QED) is 0.276. The summed E-state index contributed by atoms with van der Waals surface area (Å²) in [5.74, 6) is -0.959. The van der Waals surface area contributed by atoms with Crippen molar-refractivity contribution in [1.29, 1.82) is 0 Å². The molecule has 0 unspecified atom stereocenters. The van der Waals surface area contributed by atoms with E-state index in [2.05, 4.69) is 4.74 Å². The van der Waals surface area contributed by atoms with Gasteiger partial charge in [-0.1, -0.05) is 12.1 Å². The Morgan fingerprint density at radius 2 is 1.63 bits per heavy atom. The van der Waals surface area contributed by atoms with Crippen LogP contribution in [0.4, 0.5) is 0 Å². The molecule has 202 valence electrons. The first-order valence-corrected chi connectivity index (χ1v) is 11.5. The topological polar surface area (TPSA) is 171 Å². The van der Waals surface area contributed by atoms with Crippen LogP contribution in [0.25, 0.3) is 22.1 Å². The highest BCUT2D eigenvalue weighted by molar-refractivity contribution is 5.91. The van der Waals surface area contributed by atoms with Gasteiger partial charge >= 0.3 is 11.9 Å². The zero-order valence-corrected chi connectivity index (χ0v) is 20.4. The highest BCUT2D eigenvalue weighted by Gasteiger charge is 2.45. The number of rotatable bonds is 8. The van der Waals surface area contributed by atoms with Crippen molar-refractivity contribution in [3.05, 3.63) is 59.0 Å². The second-order valence-corrected chi connectivity index (χ2v) is 8.43. The standard InChI is InChI=1S/C26H26O12/c1-33-14-5-3-13(4-6-14)17-11-35-18-9-15(7-8-16(18)22(17)29)37-26-25(32)24(31)23(30)19(38-26)12-36-21(28)10-20(27)34-2/h3-9,11,19,23-26,30-32H,10,12H2,1-2H3/t19-,23-,24-,25-,26-/m1/s1. The molecule has 1 aromatic heterocycles. The maximum atomic E-state index is 13.0. The van der Waals surface area contributed by atoms with Crippen LogP contribution in [0.1, 0.15) is 6.42 Å². The molecule has 0 bridgehead atoms. The highest BCUT2D eigenvalue weighted by atomic mass is 16.7. The molecule has 0 saturated carbocycles. The van der Waals surface area contributed by atoms with Crippen molar-refractivity contribution in [3.8, 4) is 22.6 Å². The molecule has 12 nitrogen and oxygen atoms in total. The number of aliphatic hydroxyl groups is 3. The molecular weight excluding hydrogens is 504 g/mol. The monoisotopic (exact) mass is 530 g/mol. The Bertz CT molecular complexity index is 1350. The number of hydrogen-bond acceptors (Lipinski definition) is 12. The van der Waals surface area contributed by atoms with Gasteiger partial charge in [0.25, 0.3) is 0 Å². The molecule has 3 aromatic rings. The fourth-order valence-corrected chi connectivity index (χ4v) is 3.85. The van der Waals surface area contributed by atoms with E-state index >= 15 is 0 Å². The zero-order valence-electron chi connectivity index (χ0n) is 20.4. The second kappa shape index (κ2) is 11.6. The molecule has 1 fully saturated rings. The van der Waals surface area contributed by atoms with Crippen LogP contribution in [-0.2, 0) is 23.8 Å². The first-order chi connectivity index (χ1) is 18.2. The van der Waals surface area contributed by atoms with E-state index in [0.29, 0.717) is 16.9 Å². The Labute approximate surface area is 215 Å². The minimum absolute atomic E-state index is 0.131. The molecule has 3 N–H and O–H groups in total. The molecule has 1 aliphatic heterocycles. The van der Waals surface area contributed by atoms with Gasteiger partial charge in [-0.15, -0.1) is 0 Å². The third kappa shape index (κ3) is 5.78. The molecule has 0 spiro atoms. The molecule has 38 heavy (non-hydrogen) atoms. The molecule has 12 heteroatoms. The number of benzene rings is 2. The zero-order chi connectivity index (χ0) is 27.4. The number of esters is 2. The van der Waals surface area contributed by atoms with Crippen molar-refractivity contribution in [1.82, 2.24) is 0 Å². The normalized spacial score (nSPS) is 23.0. The summed E-state index contributed by atoms with van der Waals surface area (Å²) in [4.78, 5) is 36.0. The average molecular weight is 530 g/mol. The van der Waals surface area contributed by atoms with Gasteiger partial charge in [-0.05, 0) is 29.8 Å². The lowest BCUT2D eigenvalue weighted by Crippen LogP contribution is -2.60. The SMILES string of the molecule is COC(=O)CC(=O)OC[C@H]1O[C@@H](Oc2ccc3c(=O)c(-c4ccc(OC)cc4)coc3c2)[C@H](O)[C@H](O)[C@@H]1O. The fourth-order valence-electron chi connectivity index (χ4n) is 3.85. The third-order valence-corrected chi connectivity index (χ3v) is 5.99. The first-order valence-electron chi connectivity index (χ1n) is 11.5. The van der Waals surface area contributed by atoms with Crippen LogP contribution in [-0.4, -0.2) is 78.8 Å². The van der Waals surface area contributed by atoms with Gasteiger partial charge in [0.2, 0.25) is 6.29 Å². The van der Waals surface area contributed by atoms with Crippen LogP contribution in [0.3, 0.4) is 0 Å². The van der Waals surface area contributed by atoms with Gasteiger partial charge in [0.15, 0.2) is 5.43 Å². The molecule has 1 aliphatic rings. The number of carbonyl (C=O) groups excluding carboxylic acids is 2. The largest absolute Gasteiger partial charge is 0.497 e. The Kier molecular flexibility index (Phi) is 8.27. The molecule has 0 aliphatic carbocycles. The third-order valence-electron chi connectivity index (χ3n) is 5.99. The van der Waals surface area contributed by atoms with Crippen LogP contribution in [0.2, 0.25) is 0 Å². The molecular formula is C26H26O12. The molecule has 1 saturated heterocycles. The Balaban J connectivity index is 1.49. The number of aliphatic hydroxyl groups excluding tert-OH is 3. The van der Waals surface area contributed by atoms with Gasteiger partial charge < -0.3 is 43.4 Å². The van der Waals surface area contributed by atoms with E-state index in [1.54, 1.807) is 31.4 Å². The van der Waals surface area contributed by atoms with Crippen LogP contribution in [0.5, 0.6) is 11.5 Å². The summed E-state index contributed by atoms with van der Waals surface area (Å²) in [6.45, 7) is -0.526. The van der Waals surface area contributed by atoms with Crippen molar-refractivity contribution in [2.75, 3.05) is 20.8 Å². The lowest BCUT2D eigenvalue weighted by atomic mass is 9.99. The van der Waals surface area contributed by atoms with Crippen molar-refractivity contribution < 1.29 is 53.0 Å². The Morgan fingerprint density at radius 1 is 0.921 bits per heavy atom. The van der Waals surface area contributed by atoms with Gasteiger partial charge in [0, 0.05) is 6.07 Å². The van der Waals surface area contributed by atoms with Crippen LogP contribution >= 0.6 is 0 Å². The van der Waals surface area contributed by atoms with Gasteiger partial charge in [-0.2, -0.15) is 0 Å². The number of methoxy groups -OCH3 is 2. The minimum atomic E-state index is -1.69.